The molecular formula is C31H24ClN5O3. The third-order valence-electron chi connectivity index (χ3n) is 5.99. The fourth-order valence-electron chi connectivity index (χ4n) is 4.06. The molecule has 5 rings (SSSR count). The molecule has 0 saturated carbocycles. The highest BCUT2D eigenvalue weighted by atomic mass is 35.5. The largest absolute Gasteiger partial charge is 0.497 e. The van der Waals surface area contributed by atoms with Gasteiger partial charge in [0.25, 0.3) is 5.91 Å². The molecule has 0 radical (unpaired) electrons. The van der Waals surface area contributed by atoms with Crippen LogP contribution in [-0.2, 0) is 4.79 Å². The summed E-state index contributed by atoms with van der Waals surface area (Å²) in [5.74, 6) is -0.350. The summed E-state index contributed by atoms with van der Waals surface area (Å²) in [5, 5.41) is 16.8. The molecule has 0 aliphatic rings. The average Bonchev–Trinajstić information content (AvgIpc) is 3.38. The Morgan fingerprint density at radius 2 is 1.45 bits per heavy atom. The van der Waals surface area contributed by atoms with Gasteiger partial charge in [0.1, 0.15) is 34.9 Å². The fraction of sp³-hybridized carbons (Fsp3) is 0.0645. The van der Waals surface area contributed by atoms with Crippen LogP contribution in [0.25, 0.3) is 22.5 Å². The van der Waals surface area contributed by atoms with Crippen LogP contribution in [0.2, 0.25) is 5.02 Å². The zero-order chi connectivity index (χ0) is 27.9. The summed E-state index contributed by atoms with van der Waals surface area (Å²) in [6, 6.07) is 32.6. The minimum Gasteiger partial charge on any atom is -0.497 e. The van der Waals surface area contributed by atoms with E-state index in [1.165, 1.54) is 4.68 Å². The van der Waals surface area contributed by atoms with Crippen LogP contribution in [0.5, 0.6) is 5.75 Å². The molecule has 1 aromatic heterocycles. The van der Waals surface area contributed by atoms with Crippen molar-refractivity contribution in [1.29, 1.82) is 0 Å². The van der Waals surface area contributed by atoms with E-state index in [4.69, 9.17) is 16.3 Å². The molecule has 1 amide bonds. The molecule has 4 aromatic carbocycles. The van der Waals surface area contributed by atoms with Crippen LogP contribution in [0.4, 0.5) is 17.1 Å². The summed E-state index contributed by atoms with van der Waals surface area (Å²) >= 11 is 6.32. The number of nitrogens with one attached hydrogen (secondary N) is 1. The summed E-state index contributed by atoms with van der Waals surface area (Å²) in [5.41, 5.74) is 3.68. The standard InChI is InChI=1S/C31H24ClN5O3/c1-40-24-18-16-23(17-19-24)33-27(38)20-28(39)37-31(22-12-6-3-7-13-22)30(29(36-37)21-10-4-2-5-11-21)35-34-26-15-9-8-14-25(26)32/h2-19H,20H2,1H3,(H,33,38). The van der Waals surface area contributed by atoms with Gasteiger partial charge in [0.05, 0.1) is 12.1 Å². The summed E-state index contributed by atoms with van der Waals surface area (Å²) in [6.45, 7) is 0. The lowest BCUT2D eigenvalue weighted by Gasteiger charge is -2.08. The van der Waals surface area contributed by atoms with Crippen LogP contribution in [0.1, 0.15) is 11.2 Å². The summed E-state index contributed by atoms with van der Waals surface area (Å²) < 4.78 is 6.38. The second-order valence-electron chi connectivity index (χ2n) is 8.69. The van der Waals surface area contributed by atoms with Crippen molar-refractivity contribution in [3.05, 3.63) is 114 Å². The fourth-order valence-corrected chi connectivity index (χ4v) is 4.23. The molecule has 0 atom stereocenters. The van der Waals surface area contributed by atoms with Gasteiger partial charge in [-0.3, -0.25) is 9.59 Å². The Kier molecular flexibility index (Phi) is 8.08. The van der Waals surface area contributed by atoms with E-state index in [1.54, 1.807) is 49.6 Å². The first-order chi connectivity index (χ1) is 19.5. The van der Waals surface area contributed by atoms with Gasteiger partial charge in [-0.2, -0.15) is 9.78 Å². The van der Waals surface area contributed by atoms with Crippen molar-refractivity contribution in [3.8, 4) is 28.3 Å². The molecule has 0 spiro atoms. The molecule has 0 unspecified atom stereocenters. The Labute approximate surface area is 235 Å². The van der Waals surface area contributed by atoms with Crippen molar-refractivity contribution in [2.75, 3.05) is 12.4 Å². The van der Waals surface area contributed by atoms with E-state index in [9.17, 15) is 9.59 Å². The van der Waals surface area contributed by atoms with Gasteiger partial charge in [-0.25, -0.2) is 0 Å². The Morgan fingerprint density at radius 3 is 2.10 bits per heavy atom. The second-order valence-corrected chi connectivity index (χ2v) is 9.10. The van der Waals surface area contributed by atoms with Crippen LogP contribution >= 0.6 is 11.6 Å². The molecule has 40 heavy (non-hydrogen) atoms. The molecule has 5 aromatic rings. The van der Waals surface area contributed by atoms with Crippen LogP contribution in [0.3, 0.4) is 0 Å². The molecule has 0 aliphatic heterocycles. The molecule has 8 nitrogen and oxygen atoms in total. The number of anilines is 1. The average molecular weight is 550 g/mol. The highest BCUT2D eigenvalue weighted by Crippen LogP contribution is 2.40. The van der Waals surface area contributed by atoms with Gasteiger partial charge in [-0.05, 0) is 36.4 Å². The predicted octanol–water partition coefficient (Wildman–Crippen LogP) is 7.96. The number of carbonyl (C=O) groups is 2. The van der Waals surface area contributed by atoms with E-state index in [0.29, 0.717) is 44.8 Å². The maximum atomic E-state index is 13.6. The first-order valence-corrected chi connectivity index (χ1v) is 12.8. The number of aromatic nitrogens is 2. The predicted molar refractivity (Wildman–Crippen MR) is 156 cm³/mol. The number of rotatable bonds is 8. The van der Waals surface area contributed by atoms with E-state index in [2.05, 4.69) is 20.6 Å². The van der Waals surface area contributed by atoms with Gasteiger partial charge in [0.15, 0.2) is 0 Å². The van der Waals surface area contributed by atoms with Gasteiger partial charge in [0, 0.05) is 16.8 Å². The monoisotopic (exact) mass is 549 g/mol. The van der Waals surface area contributed by atoms with E-state index in [-0.39, 0.29) is 0 Å². The quantitative estimate of drug-likeness (QED) is 0.157. The number of nitrogens with zero attached hydrogens (tertiary/aromatic N) is 4. The van der Waals surface area contributed by atoms with E-state index >= 15 is 0 Å². The lowest BCUT2D eigenvalue weighted by molar-refractivity contribution is -0.115. The zero-order valence-corrected chi connectivity index (χ0v) is 22.2. The summed E-state index contributed by atoms with van der Waals surface area (Å²) in [6.07, 6.45) is -0.442. The number of carbonyl (C=O) groups excluding carboxylic acids is 2. The minimum atomic E-state index is -0.527. The second kappa shape index (κ2) is 12.2. The molecule has 1 N–H and O–H groups in total. The van der Waals surface area contributed by atoms with Crippen LogP contribution in [-0.4, -0.2) is 28.7 Å². The van der Waals surface area contributed by atoms with Gasteiger partial charge in [-0.1, -0.05) is 84.4 Å². The molecule has 0 fully saturated rings. The topological polar surface area (TPSA) is 97.9 Å². The molecule has 0 saturated heterocycles. The third kappa shape index (κ3) is 5.98. The first-order valence-electron chi connectivity index (χ1n) is 12.4. The van der Waals surface area contributed by atoms with Gasteiger partial charge in [-0.15, -0.1) is 10.2 Å². The SMILES string of the molecule is COc1ccc(NC(=O)CC(=O)n2nc(-c3ccccc3)c(N=Nc3ccccc3Cl)c2-c2ccccc2)cc1. The smallest absolute Gasteiger partial charge is 0.256 e. The van der Waals surface area contributed by atoms with Gasteiger partial charge >= 0.3 is 0 Å². The number of ether oxygens (including phenoxy) is 1. The Hall–Kier alpha value is -5.08. The normalized spacial score (nSPS) is 10.9. The van der Waals surface area contributed by atoms with E-state index < -0.39 is 18.2 Å². The van der Waals surface area contributed by atoms with Crippen LogP contribution in [0, 0.1) is 0 Å². The minimum absolute atomic E-state index is 0.376. The molecule has 1 heterocycles. The van der Waals surface area contributed by atoms with Crippen LogP contribution < -0.4 is 10.1 Å². The maximum Gasteiger partial charge on any atom is 0.256 e. The molecule has 198 valence electrons. The van der Waals surface area contributed by atoms with E-state index in [0.717, 1.165) is 5.56 Å². The lowest BCUT2D eigenvalue weighted by atomic mass is 10.1. The molecule has 0 bridgehead atoms. The van der Waals surface area contributed by atoms with Crippen LogP contribution in [0.15, 0.2) is 119 Å². The molecular weight excluding hydrogens is 526 g/mol. The van der Waals surface area contributed by atoms with Crippen molar-refractivity contribution >= 4 is 40.5 Å². The van der Waals surface area contributed by atoms with Gasteiger partial charge in [0.2, 0.25) is 5.91 Å². The first kappa shape index (κ1) is 26.5. The highest BCUT2D eigenvalue weighted by molar-refractivity contribution is 6.32. The van der Waals surface area contributed by atoms with Gasteiger partial charge < -0.3 is 10.1 Å². The Balaban J connectivity index is 1.57. The lowest BCUT2D eigenvalue weighted by Crippen LogP contribution is -2.22. The van der Waals surface area contributed by atoms with Crippen molar-refractivity contribution in [1.82, 2.24) is 9.78 Å². The summed E-state index contributed by atoms with van der Waals surface area (Å²) in [7, 11) is 1.56. The number of hydrogen-bond acceptors (Lipinski definition) is 6. The highest BCUT2D eigenvalue weighted by Gasteiger charge is 2.26. The molecule has 0 aliphatic carbocycles. The number of benzene rings is 4. The number of halogens is 1. The zero-order valence-electron chi connectivity index (χ0n) is 21.5. The maximum absolute atomic E-state index is 13.6. The number of methoxy groups -OCH3 is 1. The summed E-state index contributed by atoms with van der Waals surface area (Å²) in [4.78, 5) is 26.4. The van der Waals surface area contributed by atoms with Crippen molar-refractivity contribution in [2.24, 2.45) is 10.2 Å². The number of amides is 1. The van der Waals surface area contributed by atoms with Crippen molar-refractivity contribution < 1.29 is 14.3 Å². The third-order valence-corrected chi connectivity index (χ3v) is 6.31. The van der Waals surface area contributed by atoms with E-state index in [1.807, 2.05) is 66.7 Å². The Morgan fingerprint density at radius 1 is 0.825 bits per heavy atom. The number of azo groups is 1. The van der Waals surface area contributed by atoms with Crippen molar-refractivity contribution in [2.45, 2.75) is 6.42 Å². The number of hydrogen-bond donors (Lipinski definition) is 1. The van der Waals surface area contributed by atoms with Crippen molar-refractivity contribution in [3.63, 3.8) is 0 Å². The molecule has 9 heteroatoms. The Bertz CT molecular complexity index is 1670.